The van der Waals surface area contributed by atoms with Crippen LogP contribution < -0.4 is 0 Å². The average Bonchev–Trinajstić information content (AvgIpc) is 2.83. The molecule has 0 unspecified atom stereocenters. The molecule has 2 heterocycles. The maximum atomic E-state index is 9.55. The van der Waals surface area contributed by atoms with Crippen LogP contribution in [0.4, 0.5) is 0 Å². The summed E-state index contributed by atoms with van der Waals surface area (Å²) in [6.45, 7) is 3.51. The Labute approximate surface area is 193 Å². The van der Waals surface area contributed by atoms with Gasteiger partial charge >= 0.3 is 11.9 Å². The number of hydrogen-bond donors (Lipinski definition) is 2. The number of hydrogen-bond acceptors (Lipinski definition) is 5. The Morgan fingerprint density at radius 1 is 0.909 bits per heavy atom. The smallest absolute Gasteiger partial charge is 0.328 e. The number of aryl methyl sites for hydroxylation is 1. The summed E-state index contributed by atoms with van der Waals surface area (Å²) in [4.78, 5) is 30.6. The Kier molecular flexibility index (Phi) is 9.08. The summed E-state index contributed by atoms with van der Waals surface area (Å²) in [5.74, 6) is -1.69. The number of rotatable bonds is 7. The van der Waals surface area contributed by atoms with Crippen molar-refractivity contribution < 1.29 is 19.8 Å². The van der Waals surface area contributed by atoms with Crippen LogP contribution in [0.2, 0.25) is 0 Å². The fourth-order valence-electron chi connectivity index (χ4n) is 4.02. The molecule has 0 aliphatic carbocycles. The zero-order chi connectivity index (χ0) is 23.5. The summed E-state index contributed by atoms with van der Waals surface area (Å²) in [5.41, 5.74) is 3.69. The molecule has 0 spiro atoms. The molecule has 172 valence electrons. The molecule has 4 rings (SSSR count). The molecule has 0 bridgehead atoms. The maximum Gasteiger partial charge on any atom is 0.328 e. The summed E-state index contributed by atoms with van der Waals surface area (Å²) >= 11 is 0. The first-order valence-corrected chi connectivity index (χ1v) is 11.1. The minimum absolute atomic E-state index is 0.558. The monoisotopic (exact) mass is 447 g/mol. The highest BCUT2D eigenvalue weighted by Gasteiger charge is 2.19. The third-order valence-electron chi connectivity index (χ3n) is 5.74. The molecule has 1 aliphatic rings. The molecule has 7 nitrogen and oxygen atoms in total. The summed E-state index contributed by atoms with van der Waals surface area (Å²) in [6, 6.07) is 19.2. The second kappa shape index (κ2) is 12.5. The van der Waals surface area contributed by atoms with Crippen molar-refractivity contribution in [1.82, 2.24) is 14.9 Å². The predicted octanol–water partition coefficient (Wildman–Crippen LogP) is 4.19. The highest BCUT2D eigenvalue weighted by molar-refractivity contribution is 5.89. The lowest BCUT2D eigenvalue weighted by atomic mass is 9.91. The number of fused-ring (bicyclic) bond motifs is 1. The zero-order valence-electron chi connectivity index (χ0n) is 18.5. The molecule has 1 fully saturated rings. The molecule has 33 heavy (non-hydrogen) atoms. The number of carboxylic acids is 2. The van der Waals surface area contributed by atoms with Crippen LogP contribution in [0, 0.1) is 5.92 Å². The van der Waals surface area contributed by atoms with Crippen molar-refractivity contribution >= 4 is 22.8 Å². The highest BCUT2D eigenvalue weighted by Crippen LogP contribution is 2.24. The van der Waals surface area contributed by atoms with Gasteiger partial charge < -0.3 is 10.2 Å². The largest absolute Gasteiger partial charge is 0.478 e. The van der Waals surface area contributed by atoms with Crippen LogP contribution in [0.25, 0.3) is 10.9 Å². The van der Waals surface area contributed by atoms with Gasteiger partial charge in [-0.1, -0.05) is 48.5 Å². The molecule has 0 atom stereocenters. The van der Waals surface area contributed by atoms with E-state index in [1.54, 1.807) is 6.33 Å². The van der Waals surface area contributed by atoms with Crippen molar-refractivity contribution in [3.05, 3.63) is 84.3 Å². The number of aliphatic carboxylic acids is 2. The number of aromatic nitrogens is 2. The molecule has 0 saturated carbocycles. The van der Waals surface area contributed by atoms with Gasteiger partial charge in [0.05, 0.1) is 11.2 Å². The topological polar surface area (TPSA) is 104 Å². The molecule has 3 aromatic rings. The Hall–Kier alpha value is -3.58. The van der Waals surface area contributed by atoms with Crippen molar-refractivity contribution in [3.63, 3.8) is 0 Å². The van der Waals surface area contributed by atoms with E-state index < -0.39 is 11.9 Å². The van der Waals surface area contributed by atoms with E-state index in [-0.39, 0.29) is 0 Å². The fourth-order valence-corrected chi connectivity index (χ4v) is 4.02. The standard InChI is InChI=1S/C22H25N3.C4H4O4/c1-2-6-19(7-3-1)16-25-14-12-18(13-15-25)10-11-22-20-8-4-5-9-21(20)23-17-24-22;5-3(6)1-2-4(7)8/h1-9,17-18H,10-16H2;1-2H,(H,5,6)(H,7,8). The van der Waals surface area contributed by atoms with Crippen molar-refractivity contribution in [2.45, 2.75) is 32.2 Å². The molecule has 2 aromatic carbocycles. The fraction of sp³-hybridized carbons (Fsp3) is 0.308. The minimum atomic E-state index is -1.26. The van der Waals surface area contributed by atoms with E-state index in [9.17, 15) is 9.59 Å². The summed E-state index contributed by atoms with van der Waals surface area (Å²) < 4.78 is 0. The number of carboxylic acid groups (broad SMARTS) is 2. The number of carbonyl (C=O) groups is 2. The van der Waals surface area contributed by atoms with Gasteiger partial charge in [-0.3, -0.25) is 4.90 Å². The molecule has 2 N–H and O–H groups in total. The van der Waals surface area contributed by atoms with Crippen LogP contribution in [0.1, 0.15) is 30.5 Å². The molecule has 0 radical (unpaired) electrons. The van der Waals surface area contributed by atoms with Gasteiger partial charge in [-0.2, -0.15) is 0 Å². The maximum absolute atomic E-state index is 9.55. The van der Waals surface area contributed by atoms with Crippen molar-refractivity contribution in [2.24, 2.45) is 5.92 Å². The number of likely N-dealkylation sites (tertiary alicyclic amines) is 1. The Balaban J connectivity index is 0.000000331. The first kappa shape index (κ1) is 24.1. The molecule has 7 heteroatoms. The average molecular weight is 448 g/mol. The van der Waals surface area contributed by atoms with Crippen LogP contribution in [-0.2, 0) is 22.6 Å². The SMILES string of the molecule is O=C(O)C=CC(=O)O.c1ccc(CN2CCC(CCc3ncnc4ccccc34)CC2)cc1. The van der Waals surface area contributed by atoms with E-state index in [0.29, 0.717) is 12.2 Å². The van der Waals surface area contributed by atoms with E-state index in [2.05, 4.69) is 63.4 Å². The third-order valence-corrected chi connectivity index (χ3v) is 5.74. The van der Waals surface area contributed by atoms with Gasteiger partial charge in [0.25, 0.3) is 0 Å². The number of piperidine rings is 1. The molecule has 1 saturated heterocycles. The zero-order valence-corrected chi connectivity index (χ0v) is 18.5. The van der Waals surface area contributed by atoms with Crippen LogP contribution in [0.15, 0.2) is 73.1 Å². The van der Waals surface area contributed by atoms with E-state index in [1.807, 2.05) is 6.07 Å². The van der Waals surface area contributed by atoms with E-state index in [1.165, 1.54) is 49.0 Å². The minimum Gasteiger partial charge on any atom is -0.478 e. The van der Waals surface area contributed by atoms with Crippen LogP contribution in [-0.4, -0.2) is 50.1 Å². The van der Waals surface area contributed by atoms with Gasteiger partial charge in [-0.25, -0.2) is 19.6 Å². The first-order chi connectivity index (χ1) is 16.0. The second-order valence-electron chi connectivity index (χ2n) is 8.09. The van der Waals surface area contributed by atoms with Crippen molar-refractivity contribution in [3.8, 4) is 0 Å². The van der Waals surface area contributed by atoms with Gasteiger partial charge in [-0.05, 0) is 56.3 Å². The quantitative estimate of drug-likeness (QED) is 0.524. The molecule has 0 amide bonds. The van der Waals surface area contributed by atoms with Gasteiger partial charge in [0, 0.05) is 24.1 Å². The van der Waals surface area contributed by atoms with Crippen molar-refractivity contribution in [2.75, 3.05) is 13.1 Å². The van der Waals surface area contributed by atoms with E-state index in [0.717, 1.165) is 24.4 Å². The molecule has 1 aliphatic heterocycles. The van der Waals surface area contributed by atoms with Crippen LogP contribution in [0.5, 0.6) is 0 Å². The lowest BCUT2D eigenvalue weighted by molar-refractivity contribution is -0.134. The molecular weight excluding hydrogens is 418 g/mol. The number of benzene rings is 2. The van der Waals surface area contributed by atoms with Gasteiger partial charge in [0.1, 0.15) is 6.33 Å². The van der Waals surface area contributed by atoms with Gasteiger partial charge in [0.2, 0.25) is 0 Å². The summed E-state index contributed by atoms with van der Waals surface area (Å²) in [6.07, 6.45) is 7.73. The van der Waals surface area contributed by atoms with E-state index >= 15 is 0 Å². The molecule has 1 aromatic heterocycles. The third kappa shape index (κ3) is 8.12. The van der Waals surface area contributed by atoms with Gasteiger partial charge in [0.15, 0.2) is 0 Å². The van der Waals surface area contributed by atoms with Crippen LogP contribution in [0.3, 0.4) is 0 Å². The Bertz CT molecular complexity index is 1060. The number of nitrogens with zero attached hydrogens (tertiary/aromatic N) is 3. The summed E-state index contributed by atoms with van der Waals surface area (Å²) in [5, 5.41) is 16.8. The normalized spacial score (nSPS) is 14.7. The highest BCUT2D eigenvalue weighted by atomic mass is 16.4. The number of para-hydroxylation sites is 1. The van der Waals surface area contributed by atoms with Gasteiger partial charge in [-0.15, -0.1) is 0 Å². The summed E-state index contributed by atoms with van der Waals surface area (Å²) in [7, 11) is 0. The second-order valence-corrected chi connectivity index (χ2v) is 8.09. The lowest BCUT2D eigenvalue weighted by Crippen LogP contribution is -2.33. The lowest BCUT2D eigenvalue weighted by Gasteiger charge is -2.32. The predicted molar refractivity (Wildman–Crippen MR) is 127 cm³/mol. The van der Waals surface area contributed by atoms with Crippen molar-refractivity contribution in [1.29, 1.82) is 0 Å². The molecular formula is C26H29N3O4. The Morgan fingerprint density at radius 2 is 1.55 bits per heavy atom. The van der Waals surface area contributed by atoms with Crippen LogP contribution >= 0.6 is 0 Å². The van der Waals surface area contributed by atoms with E-state index in [4.69, 9.17) is 10.2 Å². The first-order valence-electron chi connectivity index (χ1n) is 11.1. The Morgan fingerprint density at radius 3 is 2.21 bits per heavy atom.